The van der Waals surface area contributed by atoms with E-state index in [9.17, 15) is 9.59 Å². The van der Waals surface area contributed by atoms with Gasteiger partial charge in [0.1, 0.15) is 11.4 Å². The number of amides is 2. The molecule has 3 aliphatic rings. The van der Waals surface area contributed by atoms with E-state index in [0.717, 1.165) is 70.8 Å². The number of rotatable bonds is 2. The Morgan fingerprint density at radius 1 is 1.03 bits per heavy atom. The minimum absolute atomic E-state index is 0.132. The molecule has 7 heteroatoms. The molecule has 2 amide bonds. The van der Waals surface area contributed by atoms with Crippen molar-refractivity contribution in [3.63, 3.8) is 0 Å². The van der Waals surface area contributed by atoms with Gasteiger partial charge in [0.15, 0.2) is 0 Å². The van der Waals surface area contributed by atoms with Gasteiger partial charge in [-0.25, -0.2) is 9.78 Å². The molecule has 30 heavy (non-hydrogen) atoms. The molecule has 7 nitrogen and oxygen atoms in total. The van der Waals surface area contributed by atoms with Crippen LogP contribution in [-0.4, -0.2) is 71.7 Å². The third-order valence-corrected chi connectivity index (χ3v) is 6.66. The summed E-state index contributed by atoms with van der Waals surface area (Å²) in [5.41, 5.74) is -0.254. The van der Waals surface area contributed by atoms with E-state index in [4.69, 9.17) is 4.74 Å². The van der Waals surface area contributed by atoms with E-state index in [1.165, 1.54) is 0 Å². The van der Waals surface area contributed by atoms with Crippen LogP contribution >= 0.6 is 0 Å². The molecule has 0 N–H and O–H groups in total. The van der Waals surface area contributed by atoms with Crippen molar-refractivity contribution in [2.75, 3.05) is 44.2 Å². The number of carbonyl (C=O) groups excluding carboxylic acids is 2. The Bertz CT molecular complexity index is 752. The Balaban J connectivity index is 1.22. The molecule has 1 spiro atoms. The molecule has 0 atom stereocenters. The largest absolute Gasteiger partial charge is 0.444 e. The molecular weight excluding hydrogens is 380 g/mol. The highest BCUT2D eigenvalue weighted by Gasteiger charge is 2.49. The fourth-order valence-corrected chi connectivity index (χ4v) is 4.97. The molecule has 164 valence electrons. The maximum atomic E-state index is 13.1. The smallest absolute Gasteiger partial charge is 0.410 e. The van der Waals surface area contributed by atoms with Crippen molar-refractivity contribution < 1.29 is 14.3 Å². The molecule has 4 rings (SSSR count). The molecule has 0 unspecified atom stereocenters. The Labute approximate surface area is 179 Å². The lowest BCUT2D eigenvalue weighted by molar-refractivity contribution is -0.139. The average Bonchev–Trinajstić information content (AvgIpc) is 2.71. The van der Waals surface area contributed by atoms with Gasteiger partial charge in [-0.15, -0.1) is 0 Å². The number of pyridine rings is 1. The van der Waals surface area contributed by atoms with Gasteiger partial charge < -0.3 is 19.4 Å². The fourth-order valence-electron chi connectivity index (χ4n) is 4.97. The first-order chi connectivity index (χ1) is 14.2. The summed E-state index contributed by atoms with van der Waals surface area (Å²) in [6.45, 7) is 10.4. The number of nitrogens with zero attached hydrogens (tertiary/aromatic N) is 4. The van der Waals surface area contributed by atoms with E-state index in [-0.39, 0.29) is 17.4 Å². The molecular formula is C23H34N4O3. The minimum atomic E-state index is -0.454. The van der Waals surface area contributed by atoms with Crippen molar-refractivity contribution in [1.29, 1.82) is 0 Å². The maximum absolute atomic E-state index is 13.1. The van der Waals surface area contributed by atoms with Gasteiger partial charge in [-0.2, -0.15) is 0 Å². The average molecular weight is 415 g/mol. The summed E-state index contributed by atoms with van der Waals surface area (Å²) < 4.78 is 5.47. The normalized spacial score (nSPS) is 22.0. The van der Waals surface area contributed by atoms with Gasteiger partial charge >= 0.3 is 6.09 Å². The molecule has 1 aliphatic carbocycles. The highest BCUT2D eigenvalue weighted by Crippen LogP contribution is 2.46. The van der Waals surface area contributed by atoms with Gasteiger partial charge in [0.25, 0.3) is 0 Å². The summed E-state index contributed by atoms with van der Waals surface area (Å²) in [6, 6.07) is 5.95. The van der Waals surface area contributed by atoms with Gasteiger partial charge in [-0.1, -0.05) is 6.07 Å². The molecule has 1 saturated carbocycles. The highest BCUT2D eigenvalue weighted by molar-refractivity contribution is 5.79. The molecule has 2 aliphatic heterocycles. The predicted molar refractivity (Wildman–Crippen MR) is 115 cm³/mol. The third kappa shape index (κ3) is 4.55. The number of carbonyl (C=O) groups is 2. The summed E-state index contributed by atoms with van der Waals surface area (Å²) in [5, 5.41) is 0. The number of ether oxygens (including phenoxy) is 1. The predicted octanol–water partition coefficient (Wildman–Crippen LogP) is 3.16. The monoisotopic (exact) mass is 414 g/mol. The maximum Gasteiger partial charge on any atom is 0.410 e. The van der Waals surface area contributed by atoms with Gasteiger partial charge in [-0.05, 0) is 58.6 Å². The van der Waals surface area contributed by atoms with Crippen molar-refractivity contribution >= 4 is 17.8 Å². The molecule has 1 aromatic heterocycles. The van der Waals surface area contributed by atoms with Gasteiger partial charge in [-0.3, -0.25) is 4.79 Å². The van der Waals surface area contributed by atoms with E-state index < -0.39 is 5.60 Å². The first-order valence-corrected chi connectivity index (χ1v) is 11.2. The highest BCUT2D eigenvalue weighted by atomic mass is 16.6. The first-order valence-electron chi connectivity index (χ1n) is 11.2. The fraction of sp³-hybridized carbons (Fsp3) is 0.696. The SMILES string of the molecule is CC(C)(C)OC(=O)N1CC2(CCC(C(=O)N3CCN(c4ccccn4)CC3)CC2)C1. The Morgan fingerprint density at radius 3 is 2.27 bits per heavy atom. The van der Waals surface area contributed by atoms with Gasteiger partial charge in [0.05, 0.1) is 0 Å². The molecule has 0 bridgehead atoms. The van der Waals surface area contributed by atoms with Crippen molar-refractivity contribution in [2.24, 2.45) is 11.3 Å². The standard InChI is InChI=1S/C23H34N4O3/c1-22(2,3)30-21(29)27-16-23(17-27)9-7-18(8-10-23)20(28)26-14-12-25(13-15-26)19-6-4-5-11-24-19/h4-6,11,18H,7-10,12-17H2,1-3H3. The Kier molecular flexibility index (Phi) is 5.64. The number of hydrogen-bond donors (Lipinski definition) is 0. The van der Waals surface area contributed by atoms with E-state index in [1.54, 1.807) is 0 Å². The van der Waals surface area contributed by atoms with E-state index in [2.05, 4.69) is 9.88 Å². The lowest BCUT2D eigenvalue weighted by Gasteiger charge is -2.53. The first kappa shape index (κ1) is 20.9. The molecule has 2 saturated heterocycles. The minimum Gasteiger partial charge on any atom is -0.444 e. The zero-order chi connectivity index (χ0) is 21.4. The second-order valence-electron chi connectivity index (χ2n) is 10.1. The molecule has 0 aromatic carbocycles. The zero-order valence-electron chi connectivity index (χ0n) is 18.5. The van der Waals surface area contributed by atoms with Crippen LogP contribution in [0.15, 0.2) is 24.4 Å². The summed E-state index contributed by atoms with van der Waals surface area (Å²) >= 11 is 0. The van der Waals surface area contributed by atoms with Crippen molar-refractivity contribution in [1.82, 2.24) is 14.8 Å². The van der Waals surface area contributed by atoms with Crippen molar-refractivity contribution in [3.8, 4) is 0 Å². The van der Waals surface area contributed by atoms with Crippen molar-refractivity contribution in [3.05, 3.63) is 24.4 Å². The molecule has 3 fully saturated rings. The van der Waals surface area contributed by atoms with Crippen LogP contribution in [0, 0.1) is 11.3 Å². The van der Waals surface area contributed by atoms with Crippen LogP contribution in [-0.2, 0) is 9.53 Å². The summed E-state index contributed by atoms with van der Waals surface area (Å²) in [6.07, 6.45) is 5.52. The van der Waals surface area contributed by atoms with Crippen LogP contribution < -0.4 is 4.90 Å². The number of piperazine rings is 1. The number of hydrogen-bond acceptors (Lipinski definition) is 5. The number of anilines is 1. The van der Waals surface area contributed by atoms with E-state index >= 15 is 0 Å². The van der Waals surface area contributed by atoms with Crippen LogP contribution in [0.5, 0.6) is 0 Å². The number of aromatic nitrogens is 1. The topological polar surface area (TPSA) is 66.0 Å². The lowest BCUT2D eigenvalue weighted by Crippen LogP contribution is -2.60. The Hall–Kier alpha value is -2.31. The summed E-state index contributed by atoms with van der Waals surface area (Å²) in [7, 11) is 0. The zero-order valence-corrected chi connectivity index (χ0v) is 18.5. The summed E-state index contributed by atoms with van der Waals surface area (Å²) in [5.74, 6) is 1.44. The van der Waals surface area contributed by atoms with E-state index in [1.807, 2.05) is 55.0 Å². The quantitative estimate of drug-likeness (QED) is 0.744. The van der Waals surface area contributed by atoms with Crippen molar-refractivity contribution in [2.45, 2.75) is 52.1 Å². The van der Waals surface area contributed by atoms with Crippen LogP contribution in [0.4, 0.5) is 10.6 Å². The lowest BCUT2D eigenvalue weighted by atomic mass is 9.66. The van der Waals surface area contributed by atoms with Gasteiger partial charge in [0, 0.05) is 56.8 Å². The van der Waals surface area contributed by atoms with E-state index in [0.29, 0.717) is 5.91 Å². The van der Waals surface area contributed by atoms with Crippen LogP contribution in [0.2, 0.25) is 0 Å². The third-order valence-electron chi connectivity index (χ3n) is 6.66. The van der Waals surface area contributed by atoms with Crippen LogP contribution in [0.25, 0.3) is 0 Å². The molecule has 3 heterocycles. The molecule has 0 radical (unpaired) electrons. The Morgan fingerprint density at radius 2 is 1.70 bits per heavy atom. The number of likely N-dealkylation sites (tertiary alicyclic amines) is 1. The summed E-state index contributed by atoms with van der Waals surface area (Å²) in [4.78, 5) is 35.8. The van der Waals surface area contributed by atoms with Gasteiger partial charge in [0.2, 0.25) is 5.91 Å². The second kappa shape index (κ2) is 8.08. The molecule has 1 aromatic rings. The van der Waals surface area contributed by atoms with Crippen LogP contribution in [0.3, 0.4) is 0 Å². The second-order valence-corrected chi connectivity index (χ2v) is 10.1. The van der Waals surface area contributed by atoms with Crippen LogP contribution in [0.1, 0.15) is 46.5 Å².